The molecule has 22 heavy (non-hydrogen) atoms. The van der Waals surface area contributed by atoms with Crippen molar-refractivity contribution in [3.05, 3.63) is 72.8 Å². The molecule has 1 N–H and O–H groups in total. The van der Waals surface area contributed by atoms with Gasteiger partial charge in [-0.05, 0) is 41.5 Å². The van der Waals surface area contributed by atoms with E-state index in [1.165, 1.54) is 18.5 Å². The number of fused-ring (bicyclic) bond motifs is 3. The number of halogens is 1. The van der Waals surface area contributed by atoms with Crippen LogP contribution in [0.2, 0.25) is 0 Å². The van der Waals surface area contributed by atoms with Gasteiger partial charge in [-0.1, -0.05) is 30.3 Å². The lowest BCUT2D eigenvalue weighted by molar-refractivity contribution is 0.628. The van der Waals surface area contributed by atoms with Crippen LogP contribution in [0.1, 0.15) is 0 Å². The lowest BCUT2D eigenvalue weighted by Gasteiger charge is -2.07. The molecular weight excluding hydrogens is 277 g/mol. The fourth-order valence-electron chi connectivity index (χ4n) is 2.60. The molecule has 2 aromatic rings. The zero-order valence-electron chi connectivity index (χ0n) is 11.6. The molecule has 0 bridgehead atoms. The normalized spacial score (nSPS) is 11.0. The first-order chi connectivity index (χ1) is 10.8. The second-order valence-corrected chi connectivity index (χ2v) is 5.04. The summed E-state index contributed by atoms with van der Waals surface area (Å²) in [5.74, 6) is 0.460. The molecule has 0 spiro atoms. The van der Waals surface area contributed by atoms with E-state index in [9.17, 15) is 4.39 Å². The van der Waals surface area contributed by atoms with Gasteiger partial charge in [0, 0.05) is 5.69 Å². The third-order valence-electron chi connectivity index (χ3n) is 3.62. The SMILES string of the molecule is Fc1ccc(Nc2ncnc3cc4cccccc-4c23)cc1. The molecule has 2 aliphatic rings. The molecule has 1 heterocycles. The van der Waals surface area contributed by atoms with E-state index in [0.29, 0.717) is 0 Å². The molecule has 0 atom stereocenters. The van der Waals surface area contributed by atoms with Crippen molar-refractivity contribution in [1.29, 1.82) is 0 Å². The van der Waals surface area contributed by atoms with Crippen LogP contribution in [-0.2, 0) is 0 Å². The predicted molar refractivity (Wildman–Crippen MR) is 85.8 cm³/mol. The van der Waals surface area contributed by atoms with Crippen molar-refractivity contribution in [2.45, 2.75) is 0 Å². The second kappa shape index (κ2) is 5.07. The van der Waals surface area contributed by atoms with Gasteiger partial charge >= 0.3 is 0 Å². The molecule has 0 fully saturated rings. The van der Waals surface area contributed by atoms with Gasteiger partial charge in [-0.15, -0.1) is 0 Å². The molecule has 0 aliphatic heterocycles. The van der Waals surface area contributed by atoms with Crippen LogP contribution in [0.25, 0.3) is 22.0 Å². The highest BCUT2D eigenvalue weighted by atomic mass is 19.1. The third kappa shape index (κ3) is 2.15. The van der Waals surface area contributed by atoms with Gasteiger partial charge in [0.15, 0.2) is 0 Å². The number of aromatic nitrogens is 2. The molecule has 1 aromatic carbocycles. The number of hydrogen-bond donors (Lipinski definition) is 1. The Labute approximate surface area is 126 Å². The van der Waals surface area contributed by atoms with Gasteiger partial charge in [0.2, 0.25) is 0 Å². The van der Waals surface area contributed by atoms with Gasteiger partial charge in [-0.2, -0.15) is 0 Å². The number of nitrogens with zero attached hydrogens (tertiary/aromatic N) is 2. The van der Waals surface area contributed by atoms with E-state index >= 15 is 0 Å². The van der Waals surface area contributed by atoms with Gasteiger partial charge in [-0.25, -0.2) is 14.4 Å². The van der Waals surface area contributed by atoms with E-state index in [2.05, 4.69) is 27.4 Å². The van der Waals surface area contributed by atoms with Crippen LogP contribution in [0.15, 0.2) is 67.0 Å². The molecule has 0 saturated carbocycles. The van der Waals surface area contributed by atoms with Crippen LogP contribution in [0.3, 0.4) is 0 Å². The summed E-state index contributed by atoms with van der Waals surface area (Å²) >= 11 is 0. The summed E-state index contributed by atoms with van der Waals surface area (Å²) in [4.78, 5) is 8.70. The second-order valence-electron chi connectivity index (χ2n) is 5.04. The standard InChI is InChI=1S/C18H12FN3/c19-13-6-8-14(9-7-13)22-18-17-15-5-3-1-2-4-12(15)10-16(17)20-11-21-18/h1-11H,(H,20,21,22). The predicted octanol–water partition coefficient (Wildman–Crippen LogP) is 4.62. The van der Waals surface area contributed by atoms with E-state index in [0.717, 1.165) is 33.5 Å². The van der Waals surface area contributed by atoms with Crippen LogP contribution >= 0.6 is 0 Å². The minimum absolute atomic E-state index is 0.260. The number of benzene rings is 1. The van der Waals surface area contributed by atoms with Crippen molar-refractivity contribution in [3.63, 3.8) is 0 Å². The quantitative estimate of drug-likeness (QED) is 0.585. The molecule has 3 nitrogen and oxygen atoms in total. The molecule has 1 aromatic heterocycles. The topological polar surface area (TPSA) is 37.8 Å². The van der Waals surface area contributed by atoms with Crippen molar-refractivity contribution >= 4 is 22.4 Å². The molecule has 0 amide bonds. The zero-order chi connectivity index (χ0) is 14.9. The van der Waals surface area contributed by atoms with Crippen LogP contribution in [0, 0.1) is 5.82 Å². The molecule has 106 valence electrons. The number of rotatable bonds is 2. The third-order valence-corrected chi connectivity index (χ3v) is 3.62. The number of anilines is 2. The maximum atomic E-state index is 13.0. The minimum atomic E-state index is -0.260. The van der Waals surface area contributed by atoms with Crippen molar-refractivity contribution < 1.29 is 4.39 Å². The molecule has 0 unspecified atom stereocenters. The van der Waals surface area contributed by atoms with Crippen molar-refractivity contribution in [2.24, 2.45) is 0 Å². The first kappa shape index (κ1) is 12.7. The van der Waals surface area contributed by atoms with E-state index in [1.807, 2.05) is 24.3 Å². The summed E-state index contributed by atoms with van der Waals surface area (Å²) in [7, 11) is 0. The molecular formula is C18H12FN3. The summed E-state index contributed by atoms with van der Waals surface area (Å²) in [6.07, 6.45) is 1.53. The molecule has 0 radical (unpaired) electrons. The van der Waals surface area contributed by atoms with Crippen LogP contribution in [0.5, 0.6) is 0 Å². The van der Waals surface area contributed by atoms with Gasteiger partial charge < -0.3 is 5.32 Å². The first-order valence-corrected chi connectivity index (χ1v) is 6.96. The summed E-state index contributed by atoms with van der Waals surface area (Å²) in [6.45, 7) is 0. The Morgan fingerprint density at radius 3 is 2.55 bits per heavy atom. The maximum absolute atomic E-state index is 13.0. The Hall–Kier alpha value is -3.01. The Bertz CT molecular complexity index is 919. The monoisotopic (exact) mass is 289 g/mol. The summed E-state index contributed by atoms with van der Waals surface area (Å²) in [5.41, 5.74) is 3.88. The molecule has 4 rings (SSSR count). The highest BCUT2D eigenvalue weighted by Crippen LogP contribution is 2.36. The zero-order valence-corrected chi connectivity index (χ0v) is 11.6. The van der Waals surface area contributed by atoms with Crippen LogP contribution in [-0.4, -0.2) is 9.97 Å². The summed E-state index contributed by atoms with van der Waals surface area (Å²) in [6, 6.07) is 18.4. The van der Waals surface area contributed by atoms with Gasteiger partial charge in [0.1, 0.15) is 18.0 Å². The minimum Gasteiger partial charge on any atom is -0.340 e. The van der Waals surface area contributed by atoms with E-state index in [4.69, 9.17) is 0 Å². The lowest BCUT2D eigenvalue weighted by Crippen LogP contribution is -1.95. The Kier molecular flexibility index (Phi) is 2.93. The highest BCUT2D eigenvalue weighted by Gasteiger charge is 2.14. The molecule has 0 saturated heterocycles. The Morgan fingerprint density at radius 2 is 1.68 bits per heavy atom. The van der Waals surface area contributed by atoms with Crippen molar-refractivity contribution in [2.75, 3.05) is 5.32 Å². The van der Waals surface area contributed by atoms with Gasteiger partial charge in [0.05, 0.1) is 10.9 Å². The Morgan fingerprint density at radius 1 is 0.864 bits per heavy atom. The fourth-order valence-corrected chi connectivity index (χ4v) is 2.60. The lowest BCUT2D eigenvalue weighted by atomic mass is 10.1. The van der Waals surface area contributed by atoms with E-state index in [-0.39, 0.29) is 5.82 Å². The summed E-state index contributed by atoms with van der Waals surface area (Å²) in [5, 5.41) is 4.22. The Balaban J connectivity index is 1.88. The number of hydrogen-bond acceptors (Lipinski definition) is 3. The van der Waals surface area contributed by atoms with Crippen molar-refractivity contribution in [1.82, 2.24) is 9.97 Å². The smallest absolute Gasteiger partial charge is 0.142 e. The fraction of sp³-hybridized carbons (Fsp3) is 0. The van der Waals surface area contributed by atoms with E-state index in [1.54, 1.807) is 12.1 Å². The van der Waals surface area contributed by atoms with Gasteiger partial charge in [-0.3, -0.25) is 0 Å². The average molecular weight is 289 g/mol. The number of nitrogens with one attached hydrogen (secondary N) is 1. The first-order valence-electron chi connectivity index (χ1n) is 6.96. The van der Waals surface area contributed by atoms with Crippen LogP contribution in [0.4, 0.5) is 15.9 Å². The van der Waals surface area contributed by atoms with Crippen LogP contribution < -0.4 is 5.32 Å². The molecule has 2 aliphatic carbocycles. The summed E-state index contributed by atoms with van der Waals surface area (Å²) < 4.78 is 13.0. The average Bonchev–Trinajstić information content (AvgIpc) is 2.73. The van der Waals surface area contributed by atoms with Crippen molar-refractivity contribution in [3.8, 4) is 11.1 Å². The van der Waals surface area contributed by atoms with E-state index < -0.39 is 0 Å². The largest absolute Gasteiger partial charge is 0.340 e. The van der Waals surface area contributed by atoms with Gasteiger partial charge in [0.25, 0.3) is 0 Å². The maximum Gasteiger partial charge on any atom is 0.142 e. The molecule has 4 heteroatoms. The highest BCUT2D eigenvalue weighted by molar-refractivity contribution is 6.06.